The molecule has 1 aliphatic rings. The van der Waals surface area contributed by atoms with Gasteiger partial charge in [-0.25, -0.2) is 13.6 Å². The minimum absolute atomic E-state index is 0.0534. The third kappa shape index (κ3) is 5.36. The van der Waals surface area contributed by atoms with Gasteiger partial charge in [0.2, 0.25) is 5.67 Å². The Morgan fingerprint density at radius 3 is 2.42 bits per heavy atom. The second-order valence-electron chi connectivity index (χ2n) is 8.40. The normalized spacial score (nSPS) is 16.0. The number of alkyl halides is 1. The Morgan fingerprint density at radius 2 is 1.79 bits per heavy atom. The third-order valence-electron chi connectivity index (χ3n) is 6.08. The number of hydrogen-bond acceptors (Lipinski definition) is 3. The van der Waals surface area contributed by atoms with Crippen molar-refractivity contribution >= 4 is 17.6 Å². The first-order valence-corrected chi connectivity index (χ1v) is 11.3. The van der Waals surface area contributed by atoms with Crippen molar-refractivity contribution in [3.05, 3.63) is 94.8 Å². The molecule has 3 aromatic rings. The van der Waals surface area contributed by atoms with Crippen LogP contribution in [0.3, 0.4) is 0 Å². The van der Waals surface area contributed by atoms with Crippen molar-refractivity contribution in [1.29, 1.82) is 0 Å². The van der Waals surface area contributed by atoms with Crippen LogP contribution in [0.1, 0.15) is 36.3 Å². The van der Waals surface area contributed by atoms with Crippen LogP contribution >= 0.6 is 11.6 Å². The molecule has 1 aliphatic carbocycles. The number of esters is 1. The Hall–Kier alpha value is -2.92. The fraction of sp³-hybridized carbons (Fsp3) is 0.296. The Labute approximate surface area is 197 Å². The summed E-state index contributed by atoms with van der Waals surface area (Å²) in [6.45, 7) is 0. The predicted octanol–water partition coefficient (Wildman–Crippen LogP) is 7.28. The fourth-order valence-electron chi connectivity index (χ4n) is 4.29. The van der Waals surface area contributed by atoms with Crippen LogP contribution in [0.15, 0.2) is 72.8 Å². The Bertz CT molecular complexity index is 1100. The first kappa shape index (κ1) is 23.2. The van der Waals surface area contributed by atoms with Crippen LogP contribution in [-0.4, -0.2) is 18.7 Å². The van der Waals surface area contributed by atoms with Gasteiger partial charge >= 0.3 is 5.97 Å². The molecule has 0 N–H and O–H groups in total. The molecule has 1 fully saturated rings. The maximum atomic E-state index is 16.5. The molecule has 3 nitrogen and oxygen atoms in total. The number of methoxy groups -OCH3 is 1. The van der Waals surface area contributed by atoms with E-state index in [-0.39, 0.29) is 24.5 Å². The number of carbonyl (C=O) groups excluding carboxylic acids is 1. The van der Waals surface area contributed by atoms with E-state index in [2.05, 4.69) is 0 Å². The molecule has 0 aromatic heterocycles. The van der Waals surface area contributed by atoms with Gasteiger partial charge in [-0.1, -0.05) is 48.0 Å². The van der Waals surface area contributed by atoms with Crippen molar-refractivity contribution < 1.29 is 23.0 Å². The van der Waals surface area contributed by atoms with Gasteiger partial charge in [0.1, 0.15) is 5.75 Å². The van der Waals surface area contributed by atoms with Gasteiger partial charge < -0.3 is 9.47 Å². The van der Waals surface area contributed by atoms with E-state index in [0.717, 1.165) is 18.4 Å². The number of carbonyl (C=O) groups is 1. The summed E-state index contributed by atoms with van der Waals surface area (Å²) in [5.74, 6) is -1.43. The Balaban J connectivity index is 1.58. The summed E-state index contributed by atoms with van der Waals surface area (Å²) < 4.78 is 41.4. The van der Waals surface area contributed by atoms with Crippen LogP contribution in [0.2, 0.25) is 5.02 Å². The molecule has 0 aliphatic heterocycles. The highest BCUT2D eigenvalue weighted by Gasteiger charge is 2.53. The summed E-state index contributed by atoms with van der Waals surface area (Å²) in [5.41, 5.74) is -0.834. The van der Waals surface area contributed by atoms with Crippen molar-refractivity contribution in [2.75, 3.05) is 7.11 Å². The second kappa shape index (κ2) is 9.92. The van der Waals surface area contributed by atoms with E-state index in [1.165, 1.54) is 13.2 Å². The van der Waals surface area contributed by atoms with Gasteiger partial charge in [0.05, 0.1) is 7.11 Å². The maximum Gasteiger partial charge on any atom is 0.344 e. The standard InChI is InChI=1S/C27H25ClF2O3/c1-32-26(31)27(30,25(19-8-9-19)20-10-12-21(28)13-11-20)16-15-18-7-14-23(29)24(17-18)33-22-5-3-2-4-6-22/h2-7,10-14,17,19,25H,8-9,15-16H2,1H3/t25-,27+/m1/s1. The lowest BCUT2D eigenvalue weighted by Crippen LogP contribution is -2.42. The Kier molecular flexibility index (Phi) is 6.99. The summed E-state index contributed by atoms with van der Waals surface area (Å²) in [4.78, 5) is 12.7. The van der Waals surface area contributed by atoms with E-state index in [0.29, 0.717) is 16.3 Å². The number of para-hydroxylation sites is 1. The molecule has 2 atom stereocenters. The molecule has 3 aromatic carbocycles. The quantitative estimate of drug-likeness (QED) is 0.308. The number of aryl methyl sites for hydroxylation is 1. The van der Waals surface area contributed by atoms with Crippen LogP contribution in [0.25, 0.3) is 0 Å². The zero-order valence-corrected chi connectivity index (χ0v) is 19.0. The van der Waals surface area contributed by atoms with Crippen molar-refractivity contribution in [3.8, 4) is 11.5 Å². The molecule has 0 bridgehead atoms. The van der Waals surface area contributed by atoms with Gasteiger partial charge in [-0.2, -0.15) is 0 Å². The average molecular weight is 471 g/mol. The minimum Gasteiger partial charge on any atom is -0.467 e. The summed E-state index contributed by atoms with van der Waals surface area (Å²) in [6, 6.07) is 20.2. The highest BCUT2D eigenvalue weighted by atomic mass is 35.5. The van der Waals surface area contributed by atoms with Crippen LogP contribution < -0.4 is 4.74 Å². The first-order valence-electron chi connectivity index (χ1n) is 10.9. The monoisotopic (exact) mass is 470 g/mol. The van der Waals surface area contributed by atoms with E-state index in [1.807, 2.05) is 6.07 Å². The molecule has 33 heavy (non-hydrogen) atoms. The minimum atomic E-state index is -2.22. The van der Waals surface area contributed by atoms with Crippen molar-refractivity contribution in [1.82, 2.24) is 0 Å². The third-order valence-corrected chi connectivity index (χ3v) is 6.34. The average Bonchev–Trinajstić information content (AvgIpc) is 3.66. The molecule has 0 radical (unpaired) electrons. The Morgan fingerprint density at radius 1 is 1.09 bits per heavy atom. The molecule has 0 saturated heterocycles. The fourth-order valence-corrected chi connectivity index (χ4v) is 4.41. The lowest BCUT2D eigenvalue weighted by molar-refractivity contribution is -0.157. The highest BCUT2D eigenvalue weighted by molar-refractivity contribution is 6.30. The van der Waals surface area contributed by atoms with Gasteiger partial charge in [-0.3, -0.25) is 0 Å². The molecule has 4 rings (SSSR count). The number of hydrogen-bond donors (Lipinski definition) is 0. The smallest absolute Gasteiger partial charge is 0.344 e. The van der Waals surface area contributed by atoms with Crippen LogP contribution in [-0.2, 0) is 16.0 Å². The molecular formula is C27H25ClF2O3. The lowest BCUT2D eigenvalue weighted by Gasteiger charge is -2.32. The topological polar surface area (TPSA) is 35.5 Å². The molecule has 1 saturated carbocycles. The van der Waals surface area contributed by atoms with Crippen molar-refractivity contribution in [3.63, 3.8) is 0 Å². The summed E-state index contributed by atoms with van der Waals surface area (Å²) in [5, 5.41) is 0.549. The molecule has 0 heterocycles. The van der Waals surface area contributed by atoms with E-state index in [1.54, 1.807) is 60.7 Å². The molecule has 0 amide bonds. The highest BCUT2D eigenvalue weighted by Crippen LogP contribution is 2.51. The zero-order valence-electron chi connectivity index (χ0n) is 18.3. The maximum absolute atomic E-state index is 16.5. The van der Waals surface area contributed by atoms with Gasteiger partial charge in [0.15, 0.2) is 11.6 Å². The van der Waals surface area contributed by atoms with Crippen molar-refractivity contribution in [2.45, 2.75) is 37.3 Å². The number of rotatable bonds is 9. The second-order valence-corrected chi connectivity index (χ2v) is 8.84. The van der Waals surface area contributed by atoms with Gasteiger partial charge in [-0.15, -0.1) is 0 Å². The molecule has 0 spiro atoms. The summed E-state index contributed by atoms with van der Waals surface area (Å²) >= 11 is 6.01. The van der Waals surface area contributed by atoms with Gasteiger partial charge in [0.25, 0.3) is 0 Å². The summed E-state index contributed by atoms with van der Waals surface area (Å²) in [6.07, 6.45) is 1.82. The lowest BCUT2D eigenvalue weighted by atomic mass is 9.76. The largest absolute Gasteiger partial charge is 0.467 e. The summed E-state index contributed by atoms with van der Waals surface area (Å²) in [7, 11) is 1.20. The molecule has 6 heteroatoms. The van der Waals surface area contributed by atoms with Crippen molar-refractivity contribution in [2.24, 2.45) is 5.92 Å². The molecule has 0 unspecified atom stereocenters. The predicted molar refractivity (Wildman–Crippen MR) is 124 cm³/mol. The molecule has 172 valence electrons. The van der Waals surface area contributed by atoms with Crippen LogP contribution in [0.5, 0.6) is 11.5 Å². The van der Waals surface area contributed by atoms with E-state index >= 15 is 4.39 Å². The van der Waals surface area contributed by atoms with E-state index in [9.17, 15) is 9.18 Å². The van der Waals surface area contributed by atoms with Gasteiger partial charge in [-0.05, 0) is 79.1 Å². The molecular weight excluding hydrogens is 446 g/mol. The first-order chi connectivity index (χ1) is 15.9. The van der Waals surface area contributed by atoms with Gasteiger partial charge in [0, 0.05) is 10.9 Å². The van der Waals surface area contributed by atoms with Crippen LogP contribution in [0.4, 0.5) is 8.78 Å². The number of benzene rings is 3. The zero-order chi connectivity index (χ0) is 23.4. The number of halogens is 3. The van der Waals surface area contributed by atoms with E-state index < -0.39 is 23.4 Å². The van der Waals surface area contributed by atoms with E-state index in [4.69, 9.17) is 21.1 Å². The SMILES string of the molecule is COC(=O)[C@](F)(CCc1ccc(F)c(Oc2ccccc2)c1)[C@@H](c1ccc(Cl)cc1)C1CC1. The van der Waals surface area contributed by atoms with Crippen LogP contribution in [0, 0.1) is 11.7 Å². The number of ether oxygens (including phenoxy) is 2.